The van der Waals surface area contributed by atoms with Gasteiger partial charge in [0.2, 0.25) is 0 Å². The third-order valence-electron chi connectivity index (χ3n) is 2.75. The fourth-order valence-corrected chi connectivity index (χ4v) is 1.91. The van der Waals surface area contributed by atoms with E-state index in [0.717, 1.165) is 6.54 Å². The summed E-state index contributed by atoms with van der Waals surface area (Å²) in [6.45, 7) is 9.58. The molecule has 0 spiro atoms. The molecule has 0 saturated heterocycles. The monoisotopic (exact) mass is 269 g/mol. The summed E-state index contributed by atoms with van der Waals surface area (Å²) < 4.78 is 24.9. The van der Waals surface area contributed by atoms with Crippen LogP contribution in [0.25, 0.3) is 0 Å². The van der Waals surface area contributed by atoms with Crippen LogP contribution in [0.2, 0.25) is 0 Å². The van der Waals surface area contributed by atoms with Gasteiger partial charge in [-0.05, 0) is 39.4 Å². The van der Waals surface area contributed by atoms with Crippen LogP contribution in [0.1, 0.15) is 39.3 Å². The molecule has 1 N–H and O–H groups in total. The first-order valence-electron chi connectivity index (χ1n) is 6.82. The maximum Gasteiger partial charge on any atom is 0.131 e. The summed E-state index contributed by atoms with van der Waals surface area (Å²) in [6.07, 6.45) is 0.177. The molecule has 0 amide bonds. The van der Waals surface area contributed by atoms with E-state index >= 15 is 0 Å². The van der Waals surface area contributed by atoms with Gasteiger partial charge in [0.25, 0.3) is 0 Å². The fourth-order valence-electron chi connectivity index (χ4n) is 1.91. The summed E-state index contributed by atoms with van der Waals surface area (Å²) in [5.74, 6) is 0.344. The van der Waals surface area contributed by atoms with Crippen molar-refractivity contribution in [3.05, 3.63) is 29.6 Å². The van der Waals surface area contributed by atoms with Crippen molar-refractivity contribution in [2.75, 3.05) is 19.8 Å². The van der Waals surface area contributed by atoms with Gasteiger partial charge in [-0.3, -0.25) is 0 Å². The molecule has 19 heavy (non-hydrogen) atoms. The van der Waals surface area contributed by atoms with Crippen molar-refractivity contribution >= 4 is 0 Å². The molecule has 0 saturated carbocycles. The molecule has 3 nitrogen and oxygen atoms in total. The van der Waals surface area contributed by atoms with Gasteiger partial charge in [-0.25, -0.2) is 4.39 Å². The molecule has 0 aromatic heterocycles. The lowest BCUT2D eigenvalue weighted by atomic mass is 10.1. The van der Waals surface area contributed by atoms with Crippen molar-refractivity contribution in [3.63, 3.8) is 0 Å². The summed E-state index contributed by atoms with van der Waals surface area (Å²) >= 11 is 0. The van der Waals surface area contributed by atoms with E-state index < -0.39 is 0 Å². The van der Waals surface area contributed by atoms with Crippen molar-refractivity contribution in [2.45, 2.75) is 39.8 Å². The van der Waals surface area contributed by atoms with Crippen LogP contribution in [-0.4, -0.2) is 25.9 Å². The quantitative estimate of drug-likeness (QED) is 0.735. The van der Waals surface area contributed by atoms with E-state index in [1.807, 2.05) is 27.7 Å². The van der Waals surface area contributed by atoms with E-state index in [2.05, 4.69) is 5.32 Å². The van der Waals surface area contributed by atoms with Crippen molar-refractivity contribution < 1.29 is 13.9 Å². The zero-order chi connectivity index (χ0) is 14.3. The summed E-state index contributed by atoms with van der Waals surface area (Å²) in [5.41, 5.74) is 0.578. The van der Waals surface area contributed by atoms with E-state index in [4.69, 9.17) is 9.47 Å². The summed E-state index contributed by atoms with van der Waals surface area (Å²) in [6, 6.07) is 4.84. The topological polar surface area (TPSA) is 30.5 Å². The minimum absolute atomic E-state index is 0.0767. The first-order chi connectivity index (χ1) is 9.06. The Morgan fingerprint density at radius 1 is 1.21 bits per heavy atom. The van der Waals surface area contributed by atoms with E-state index in [0.29, 0.717) is 24.5 Å². The van der Waals surface area contributed by atoms with E-state index in [1.54, 1.807) is 12.1 Å². The van der Waals surface area contributed by atoms with Crippen molar-refractivity contribution in [1.29, 1.82) is 0 Å². The Labute approximate surface area is 115 Å². The van der Waals surface area contributed by atoms with Gasteiger partial charge in [-0.1, -0.05) is 13.0 Å². The Morgan fingerprint density at radius 2 is 1.95 bits per heavy atom. The van der Waals surface area contributed by atoms with Gasteiger partial charge >= 0.3 is 0 Å². The second-order valence-electron chi connectivity index (χ2n) is 4.70. The number of nitrogens with one attached hydrogen (secondary N) is 1. The number of halogens is 1. The average Bonchev–Trinajstić information content (AvgIpc) is 2.34. The Hall–Kier alpha value is -1.13. The molecule has 0 aliphatic rings. The molecule has 0 radical (unpaired) electrons. The van der Waals surface area contributed by atoms with Gasteiger partial charge in [0.1, 0.15) is 18.2 Å². The molecule has 0 bridgehead atoms. The molecule has 1 aromatic rings. The Morgan fingerprint density at radius 3 is 2.58 bits per heavy atom. The highest BCUT2D eigenvalue weighted by Crippen LogP contribution is 2.27. The molecule has 1 rings (SSSR count). The van der Waals surface area contributed by atoms with E-state index in [1.165, 1.54) is 6.07 Å². The highest BCUT2D eigenvalue weighted by Gasteiger charge is 2.15. The molecule has 1 unspecified atom stereocenters. The van der Waals surface area contributed by atoms with Crippen molar-refractivity contribution in [1.82, 2.24) is 5.32 Å². The van der Waals surface area contributed by atoms with E-state index in [-0.39, 0.29) is 18.0 Å². The minimum atomic E-state index is -0.240. The molecule has 0 aliphatic carbocycles. The second kappa shape index (κ2) is 8.12. The third-order valence-corrected chi connectivity index (χ3v) is 2.75. The lowest BCUT2D eigenvalue weighted by Gasteiger charge is -2.18. The van der Waals surface area contributed by atoms with Crippen LogP contribution in [0.15, 0.2) is 18.2 Å². The van der Waals surface area contributed by atoms with Gasteiger partial charge in [-0.2, -0.15) is 0 Å². The average molecular weight is 269 g/mol. The molecule has 1 aromatic carbocycles. The van der Waals surface area contributed by atoms with Crippen molar-refractivity contribution in [2.24, 2.45) is 0 Å². The lowest BCUT2D eigenvalue weighted by molar-refractivity contribution is 0.0548. The molecule has 0 fully saturated rings. The highest BCUT2D eigenvalue weighted by atomic mass is 19.1. The van der Waals surface area contributed by atoms with Crippen LogP contribution in [0.3, 0.4) is 0 Å². The molecule has 0 heterocycles. The first-order valence-corrected chi connectivity index (χ1v) is 6.82. The van der Waals surface area contributed by atoms with Crippen LogP contribution in [0, 0.1) is 5.82 Å². The SMILES string of the molecule is CCNC(C)c1c(F)cccc1OCCOC(C)C. The molecular weight excluding hydrogens is 245 g/mol. The summed E-state index contributed by atoms with van der Waals surface area (Å²) in [5, 5.41) is 3.20. The van der Waals surface area contributed by atoms with Gasteiger partial charge < -0.3 is 14.8 Å². The molecule has 1 atom stereocenters. The zero-order valence-electron chi connectivity index (χ0n) is 12.2. The zero-order valence-corrected chi connectivity index (χ0v) is 12.2. The standard InChI is InChI=1S/C15H24FNO2/c1-5-17-12(4)15-13(16)7-6-8-14(15)19-10-9-18-11(2)3/h6-8,11-12,17H,5,9-10H2,1-4H3. The van der Waals surface area contributed by atoms with Crippen LogP contribution < -0.4 is 10.1 Å². The Bertz CT molecular complexity index is 382. The molecule has 4 heteroatoms. The normalized spacial score (nSPS) is 12.7. The predicted molar refractivity (Wildman–Crippen MR) is 75.1 cm³/mol. The first kappa shape index (κ1) is 15.9. The molecule has 0 aliphatic heterocycles. The van der Waals surface area contributed by atoms with Gasteiger partial charge in [-0.15, -0.1) is 0 Å². The maximum atomic E-state index is 13.9. The lowest BCUT2D eigenvalue weighted by Crippen LogP contribution is -2.20. The smallest absolute Gasteiger partial charge is 0.131 e. The van der Waals surface area contributed by atoms with Crippen LogP contribution in [-0.2, 0) is 4.74 Å². The van der Waals surface area contributed by atoms with Gasteiger partial charge in [0.05, 0.1) is 12.7 Å². The van der Waals surface area contributed by atoms with Gasteiger partial charge in [0.15, 0.2) is 0 Å². The van der Waals surface area contributed by atoms with Crippen molar-refractivity contribution in [3.8, 4) is 5.75 Å². The van der Waals surface area contributed by atoms with Crippen LogP contribution >= 0.6 is 0 Å². The molecule has 108 valence electrons. The number of ether oxygens (including phenoxy) is 2. The minimum Gasteiger partial charge on any atom is -0.491 e. The van der Waals surface area contributed by atoms with Crippen LogP contribution in [0.4, 0.5) is 4.39 Å². The second-order valence-corrected chi connectivity index (χ2v) is 4.70. The highest BCUT2D eigenvalue weighted by molar-refractivity contribution is 5.37. The third kappa shape index (κ3) is 5.17. The summed E-state index contributed by atoms with van der Waals surface area (Å²) in [7, 11) is 0. The summed E-state index contributed by atoms with van der Waals surface area (Å²) in [4.78, 5) is 0. The Kier molecular flexibility index (Phi) is 6.81. The van der Waals surface area contributed by atoms with Crippen LogP contribution in [0.5, 0.6) is 5.75 Å². The largest absolute Gasteiger partial charge is 0.491 e. The number of benzene rings is 1. The molecular formula is C15H24FNO2. The van der Waals surface area contributed by atoms with E-state index in [9.17, 15) is 4.39 Å². The maximum absolute atomic E-state index is 13.9. The fraction of sp³-hybridized carbons (Fsp3) is 0.600. The van der Waals surface area contributed by atoms with Gasteiger partial charge in [0, 0.05) is 11.6 Å². The predicted octanol–water partition coefficient (Wildman–Crippen LogP) is 3.30. The Balaban J connectivity index is 2.68. The number of rotatable bonds is 8. The number of hydrogen-bond donors (Lipinski definition) is 1. The number of hydrogen-bond acceptors (Lipinski definition) is 3.